The Labute approximate surface area is 125 Å². The fraction of sp³-hybridized carbons (Fsp3) is 0.385. The van der Waals surface area contributed by atoms with Crippen LogP contribution in [0.5, 0.6) is 0 Å². The van der Waals surface area contributed by atoms with Gasteiger partial charge in [0.15, 0.2) is 5.82 Å². The van der Waals surface area contributed by atoms with E-state index in [0.29, 0.717) is 24.9 Å². The van der Waals surface area contributed by atoms with Gasteiger partial charge in [-0.15, -0.1) is 0 Å². The first-order chi connectivity index (χ1) is 9.20. The summed E-state index contributed by atoms with van der Waals surface area (Å²) in [7, 11) is 0. The third-order valence-electron chi connectivity index (χ3n) is 2.49. The minimum atomic E-state index is -0.355. The van der Waals surface area contributed by atoms with Gasteiger partial charge >= 0.3 is 0 Å². The van der Waals surface area contributed by atoms with Gasteiger partial charge in [0.1, 0.15) is 0 Å². The molecule has 1 heterocycles. The van der Waals surface area contributed by atoms with Gasteiger partial charge in [0.25, 0.3) is 5.89 Å². The summed E-state index contributed by atoms with van der Waals surface area (Å²) in [4.78, 5) is 4.31. The number of halogens is 1. The quantitative estimate of drug-likeness (QED) is 0.623. The summed E-state index contributed by atoms with van der Waals surface area (Å²) < 4.78 is 11.7. The molecule has 2 N–H and O–H groups in total. The van der Waals surface area contributed by atoms with Gasteiger partial charge in [-0.3, -0.25) is 0 Å². The predicted octanol–water partition coefficient (Wildman–Crippen LogP) is 2.77. The second-order valence-electron chi connectivity index (χ2n) is 4.15. The number of nitrogens with two attached hydrogens (primary N) is 1. The smallest absolute Gasteiger partial charge is 0.258 e. The van der Waals surface area contributed by atoms with E-state index in [0.717, 1.165) is 15.6 Å². The van der Waals surface area contributed by atoms with Crippen LogP contribution in [0.3, 0.4) is 0 Å². The molecule has 0 amide bonds. The molecule has 102 valence electrons. The molecule has 0 saturated heterocycles. The normalized spacial score (nSPS) is 12.6. The van der Waals surface area contributed by atoms with E-state index in [1.807, 2.05) is 24.3 Å². The molecule has 2 rings (SSSR count). The Kier molecular flexibility index (Phi) is 5.29. The summed E-state index contributed by atoms with van der Waals surface area (Å²) >= 11 is 2.24. The molecule has 0 aliphatic carbocycles. The van der Waals surface area contributed by atoms with Gasteiger partial charge in [0.2, 0.25) is 0 Å². The van der Waals surface area contributed by atoms with E-state index in [1.54, 1.807) is 0 Å². The van der Waals surface area contributed by atoms with Crippen LogP contribution >= 0.6 is 22.6 Å². The van der Waals surface area contributed by atoms with E-state index in [2.05, 4.69) is 39.7 Å². The summed E-state index contributed by atoms with van der Waals surface area (Å²) in [5, 5.41) is 3.91. The predicted molar refractivity (Wildman–Crippen MR) is 80.5 cm³/mol. The van der Waals surface area contributed by atoms with Crippen molar-refractivity contribution < 1.29 is 9.26 Å². The molecule has 0 saturated carbocycles. The number of rotatable bonds is 6. The molecule has 0 fully saturated rings. The van der Waals surface area contributed by atoms with E-state index < -0.39 is 0 Å². The first-order valence-electron chi connectivity index (χ1n) is 6.13. The SMILES string of the molecule is CCCOCC(N)c1noc(-c2cccc(I)c2)n1. The van der Waals surface area contributed by atoms with Crippen molar-refractivity contribution in [2.24, 2.45) is 5.73 Å². The van der Waals surface area contributed by atoms with E-state index in [-0.39, 0.29) is 6.04 Å². The van der Waals surface area contributed by atoms with Crippen molar-refractivity contribution >= 4 is 22.6 Å². The molecule has 0 spiro atoms. The average Bonchev–Trinajstić information content (AvgIpc) is 2.88. The first-order valence-corrected chi connectivity index (χ1v) is 7.21. The lowest BCUT2D eigenvalue weighted by atomic mass is 10.2. The van der Waals surface area contributed by atoms with Crippen LogP contribution in [0.15, 0.2) is 28.8 Å². The number of benzene rings is 1. The standard InChI is InChI=1S/C13H16IN3O2/c1-2-6-18-8-11(15)12-16-13(19-17-12)9-4-3-5-10(14)7-9/h3-5,7,11H,2,6,8,15H2,1H3. The van der Waals surface area contributed by atoms with Gasteiger partial charge in [-0.05, 0) is 47.2 Å². The third-order valence-corrected chi connectivity index (χ3v) is 3.16. The lowest BCUT2D eigenvalue weighted by Crippen LogP contribution is -2.18. The van der Waals surface area contributed by atoms with Gasteiger partial charge in [0, 0.05) is 15.7 Å². The van der Waals surface area contributed by atoms with Crippen LogP contribution in [-0.4, -0.2) is 23.4 Å². The summed E-state index contributed by atoms with van der Waals surface area (Å²) in [6.07, 6.45) is 0.965. The molecule has 0 aliphatic heterocycles. The van der Waals surface area contributed by atoms with Crippen molar-refractivity contribution in [2.45, 2.75) is 19.4 Å². The Bertz CT molecular complexity index is 530. The van der Waals surface area contributed by atoms with Crippen molar-refractivity contribution in [3.63, 3.8) is 0 Å². The third kappa shape index (κ3) is 3.99. The summed E-state index contributed by atoms with van der Waals surface area (Å²) in [5.74, 6) is 0.962. The van der Waals surface area contributed by atoms with Crippen molar-refractivity contribution in [3.8, 4) is 11.5 Å². The van der Waals surface area contributed by atoms with Gasteiger partial charge in [-0.25, -0.2) is 0 Å². The highest BCUT2D eigenvalue weighted by molar-refractivity contribution is 14.1. The van der Waals surface area contributed by atoms with E-state index in [1.165, 1.54) is 0 Å². The molecule has 6 heteroatoms. The summed E-state index contributed by atoms with van der Waals surface area (Å²) in [5.41, 5.74) is 6.84. The van der Waals surface area contributed by atoms with Crippen molar-refractivity contribution in [3.05, 3.63) is 33.7 Å². The van der Waals surface area contributed by atoms with Crippen molar-refractivity contribution in [1.29, 1.82) is 0 Å². The lowest BCUT2D eigenvalue weighted by molar-refractivity contribution is 0.119. The zero-order valence-electron chi connectivity index (χ0n) is 10.7. The zero-order chi connectivity index (χ0) is 13.7. The van der Waals surface area contributed by atoms with Crippen molar-refractivity contribution in [1.82, 2.24) is 10.1 Å². The van der Waals surface area contributed by atoms with Gasteiger partial charge in [-0.1, -0.05) is 18.1 Å². The highest BCUT2D eigenvalue weighted by atomic mass is 127. The molecule has 19 heavy (non-hydrogen) atoms. The minimum Gasteiger partial charge on any atom is -0.379 e. The lowest BCUT2D eigenvalue weighted by Gasteiger charge is -2.06. The number of hydrogen-bond acceptors (Lipinski definition) is 5. The molecule has 1 unspecified atom stereocenters. The molecular formula is C13H16IN3O2. The number of ether oxygens (including phenoxy) is 1. The van der Waals surface area contributed by atoms with Gasteiger partial charge in [0.05, 0.1) is 12.6 Å². The largest absolute Gasteiger partial charge is 0.379 e. The summed E-state index contributed by atoms with van der Waals surface area (Å²) in [6.45, 7) is 3.14. The first kappa shape index (κ1) is 14.4. The van der Waals surface area contributed by atoms with Gasteiger partial charge < -0.3 is 15.0 Å². The molecule has 5 nitrogen and oxygen atoms in total. The topological polar surface area (TPSA) is 74.2 Å². The van der Waals surface area contributed by atoms with Crippen LogP contribution in [0.25, 0.3) is 11.5 Å². The highest BCUT2D eigenvalue weighted by Gasteiger charge is 2.15. The number of hydrogen-bond donors (Lipinski definition) is 1. The van der Waals surface area contributed by atoms with Crippen LogP contribution in [0.4, 0.5) is 0 Å². The summed E-state index contributed by atoms with van der Waals surface area (Å²) in [6, 6.07) is 7.51. The number of nitrogens with zero attached hydrogens (tertiary/aromatic N) is 2. The molecular weight excluding hydrogens is 357 g/mol. The molecule has 0 aliphatic rings. The molecule has 0 radical (unpaired) electrons. The van der Waals surface area contributed by atoms with Crippen LogP contribution < -0.4 is 5.73 Å². The molecule has 1 aromatic heterocycles. The Hall–Kier alpha value is -0.990. The Morgan fingerprint density at radius 1 is 1.47 bits per heavy atom. The molecule has 1 aromatic carbocycles. The van der Waals surface area contributed by atoms with Crippen LogP contribution in [0, 0.1) is 3.57 Å². The van der Waals surface area contributed by atoms with Crippen LogP contribution in [-0.2, 0) is 4.74 Å². The van der Waals surface area contributed by atoms with E-state index >= 15 is 0 Å². The second-order valence-corrected chi connectivity index (χ2v) is 5.40. The second kappa shape index (κ2) is 6.97. The monoisotopic (exact) mass is 373 g/mol. The Morgan fingerprint density at radius 2 is 2.32 bits per heavy atom. The fourth-order valence-electron chi connectivity index (χ4n) is 1.55. The average molecular weight is 373 g/mol. The van der Waals surface area contributed by atoms with E-state index in [9.17, 15) is 0 Å². The Morgan fingerprint density at radius 3 is 3.05 bits per heavy atom. The maximum Gasteiger partial charge on any atom is 0.258 e. The minimum absolute atomic E-state index is 0.355. The molecule has 2 aromatic rings. The van der Waals surface area contributed by atoms with Gasteiger partial charge in [-0.2, -0.15) is 4.98 Å². The Balaban J connectivity index is 2.06. The maximum absolute atomic E-state index is 5.95. The van der Waals surface area contributed by atoms with Crippen molar-refractivity contribution in [2.75, 3.05) is 13.2 Å². The van der Waals surface area contributed by atoms with Crippen LogP contribution in [0.2, 0.25) is 0 Å². The van der Waals surface area contributed by atoms with Crippen LogP contribution in [0.1, 0.15) is 25.2 Å². The number of aromatic nitrogens is 2. The zero-order valence-corrected chi connectivity index (χ0v) is 12.8. The van der Waals surface area contributed by atoms with E-state index in [4.69, 9.17) is 15.0 Å². The fourth-order valence-corrected chi connectivity index (χ4v) is 2.10. The molecule has 1 atom stereocenters. The molecule has 0 bridgehead atoms. The highest BCUT2D eigenvalue weighted by Crippen LogP contribution is 2.20. The maximum atomic E-state index is 5.95.